The normalized spacial score (nSPS) is 44.0. The zero-order chi connectivity index (χ0) is 35.6. The molecule has 0 aromatic rings. The molecule has 1 aliphatic carbocycles. The van der Waals surface area contributed by atoms with E-state index in [0.29, 0.717) is 50.7 Å². The van der Waals surface area contributed by atoms with E-state index in [4.69, 9.17) is 14.2 Å². The molecule has 3 aliphatic rings. The molecular formula is C37H62N2O8. The number of ether oxygens (including phenoxy) is 3. The summed E-state index contributed by atoms with van der Waals surface area (Å²) in [4.78, 5) is 47.1. The summed E-state index contributed by atoms with van der Waals surface area (Å²) in [6.07, 6.45) is 0.0495. The predicted octanol–water partition coefficient (Wildman–Crippen LogP) is 5.13. The SMILES string of the molecule is C=C1CC[C@@H]2[C@@H](C)C(=NC(C)=O)[C@H](C)C[C@@](C)(CC1)[C@H](O[C@@H]1O[C@H](C)C[C@H](N(C)C)[C@H]1O)[C@@H](C)C(=O)[C@@H](C)C(=O)O[C@H](CC)[C@@]2(C)O. The molecule has 2 N–H and O–H groups in total. The Morgan fingerprint density at radius 3 is 2.32 bits per heavy atom. The Kier molecular flexibility index (Phi) is 13.2. The number of likely N-dealkylation sites (N-methyl/N-ethyl adjacent to an activating group) is 1. The first-order valence-electron chi connectivity index (χ1n) is 17.6. The Hall–Kier alpha value is -1.98. The largest absolute Gasteiger partial charge is 0.459 e. The van der Waals surface area contributed by atoms with Gasteiger partial charge in [-0.15, -0.1) is 0 Å². The third-order valence-electron chi connectivity index (χ3n) is 11.5. The van der Waals surface area contributed by atoms with Gasteiger partial charge < -0.3 is 29.3 Å². The van der Waals surface area contributed by atoms with Crippen LogP contribution in [0, 0.1) is 35.0 Å². The number of amides is 1. The Morgan fingerprint density at radius 1 is 1.11 bits per heavy atom. The molecule has 2 saturated heterocycles. The van der Waals surface area contributed by atoms with Crippen LogP contribution in [0.15, 0.2) is 17.1 Å². The number of carbonyl (C=O) groups excluding carboxylic acids is 3. The molecule has 0 radical (unpaired) electrons. The van der Waals surface area contributed by atoms with E-state index in [0.717, 1.165) is 5.57 Å². The molecule has 13 atom stereocenters. The summed E-state index contributed by atoms with van der Waals surface area (Å²) in [7, 11) is 3.82. The van der Waals surface area contributed by atoms with Crippen LogP contribution in [0.4, 0.5) is 0 Å². The number of hydrogen-bond donors (Lipinski definition) is 2. The first-order valence-corrected chi connectivity index (χ1v) is 17.6. The highest BCUT2D eigenvalue weighted by molar-refractivity contribution is 6.00. The van der Waals surface area contributed by atoms with E-state index in [1.165, 1.54) is 6.92 Å². The predicted molar refractivity (Wildman–Crippen MR) is 182 cm³/mol. The smallest absolute Gasteiger partial charge is 0.316 e. The molecular weight excluding hydrogens is 600 g/mol. The summed E-state index contributed by atoms with van der Waals surface area (Å²) in [5.41, 5.74) is -0.503. The van der Waals surface area contributed by atoms with Gasteiger partial charge in [-0.3, -0.25) is 14.4 Å². The van der Waals surface area contributed by atoms with Crippen molar-refractivity contribution in [3.63, 3.8) is 0 Å². The maximum atomic E-state index is 14.3. The van der Waals surface area contributed by atoms with Crippen LogP contribution in [-0.4, -0.2) is 94.9 Å². The van der Waals surface area contributed by atoms with Crippen molar-refractivity contribution in [2.24, 2.45) is 40.0 Å². The highest BCUT2D eigenvalue weighted by atomic mass is 16.7. The van der Waals surface area contributed by atoms with E-state index in [1.54, 1.807) is 20.8 Å². The summed E-state index contributed by atoms with van der Waals surface area (Å²) < 4.78 is 19.0. The van der Waals surface area contributed by atoms with E-state index in [-0.39, 0.29) is 35.7 Å². The number of aliphatic hydroxyl groups is 2. The Bertz CT molecular complexity index is 1180. The minimum Gasteiger partial charge on any atom is -0.459 e. The van der Waals surface area contributed by atoms with Crippen molar-refractivity contribution >= 4 is 23.4 Å². The zero-order valence-electron chi connectivity index (χ0n) is 30.7. The van der Waals surface area contributed by atoms with Crippen LogP contribution >= 0.6 is 0 Å². The van der Waals surface area contributed by atoms with Crippen molar-refractivity contribution in [1.82, 2.24) is 4.90 Å². The number of aliphatic imine (C=N–C) groups is 1. The van der Waals surface area contributed by atoms with E-state index < -0.39 is 59.3 Å². The van der Waals surface area contributed by atoms with Crippen LogP contribution in [0.1, 0.15) is 107 Å². The second kappa shape index (κ2) is 15.7. The molecule has 1 amide bonds. The van der Waals surface area contributed by atoms with Gasteiger partial charge in [0.25, 0.3) is 0 Å². The molecule has 10 nitrogen and oxygen atoms in total. The second-order valence-electron chi connectivity index (χ2n) is 15.6. The summed E-state index contributed by atoms with van der Waals surface area (Å²) in [6.45, 7) is 20.8. The number of ketones is 1. The Balaban J connectivity index is 2.29. The number of esters is 1. The number of nitrogens with zero attached hydrogens (tertiary/aromatic N) is 2. The van der Waals surface area contributed by atoms with Gasteiger partial charge in [-0.05, 0) is 97.1 Å². The fourth-order valence-corrected chi connectivity index (χ4v) is 8.65. The lowest BCUT2D eigenvalue weighted by Crippen LogP contribution is -2.57. The van der Waals surface area contributed by atoms with Crippen LogP contribution in [0.5, 0.6) is 0 Å². The lowest BCUT2D eigenvalue weighted by atomic mass is 9.65. The second-order valence-corrected chi connectivity index (χ2v) is 15.6. The number of aliphatic hydroxyl groups excluding tert-OH is 1. The summed E-state index contributed by atoms with van der Waals surface area (Å²) >= 11 is 0. The van der Waals surface area contributed by atoms with Gasteiger partial charge in [0.05, 0.1) is 12.2 Å². The number of carbonyl (C=O) groups is 3. The molecule has 0 unspecified atom stereocenters. The number of Topliss-reactive ketones (excluding diaryl/α,β-unsaturated/α-hetero) is 1. The average molecular weight is 663 g/mol. The maximum absolute atomic E-state index is 14.3. The molecule has 0 spiro atoms. The molecule has 0 aromatic carbocycles. The molecule has 10 heteroatoms. The van der Waals surface area contributed by atoms with Crippen molar-refractivity contribution in [3.8, 4) is 0 Å². The molecule has 2 heterocycles. The van der Waals surface area contributed by atoms with Gasteiger partial charge in [-0.1, -0.05) is 46.8 Å². The number of hydrogen-bond acceptors (Lipinski definition) is 9. The van der Waals surface area contributed by atoms with E-state index >= 15 is 0 Å². The van der Waals surface area contributed by atoms with Crippen LogP contribution in [0.3, 0.4) is 0 Å². The average Bonchev–Trinajstić information content (AvgIpc) is 3.00. The fourth-order valence-electron chi connectivity index (χ4n) is 8.65. The van der Waals surface area contributed by atoms with Gasteiger partial charge in [0.15, 0.2) is 12.1 Å². The van der Waals surface area contributed by atoms with Crippen LogP contribution in [-0.2, 0) is 28.6 Å². The van der Waals surface area contributed by atoms with E-state index in [2.05, 4.69) is 18.5 Å². The molecule has 2 bridgehead atoms. The van der Waals surface area contributed by atoms with Crippen molar-refractivity contribution < 1.29 is 38.8 Å². The van der Waals surface area contributed by atoms with E-state index in [9.17, 15) is 24.6 Å². The standard InChI is InChI=1S/C37H62N2O8/c1-13-29-37(10,44)27-15-14-20(2)16-17-36(9,19-21(3)30(23(27)5)38-26(8)40)33(24(6)31(41)25(7)34(43)46-29)47-35-32(42)28(39(11)12)18-22(4)45-35/h21-25,27-29,32-33,35,42,44H,2,13-19H2,1,3-12H3/t21-,22-,23-,24+,25-,27-,28+,29-,32-,33-,35+,36-,37+/m1/s1. The van der Waals surface area contributed by atoms with Gasteiger partial charge in [-0.25, -0.2) is 4.99 Å². The maximum Gasteiger partial charge on any atom is 0.316 e. The summed E-state index contributed by atoms with van der Waals surface area (Å²) in [6, 6.07) is -0.216. The number of allylic oxidation sites excluding steroid dienone is 1. The quantitative estimate of drug-likeness (QED) is 0.239. The van der Waals surface area contributed by atoms with Gasteiger partial charge >= 0.3 is 5.97 Å². The lowest BCUT2D eigenvalue weighted by Gasteiger charge is -2.48. The number of cyclic esters (lactones) is 1. The first kappa shape index (κ1) is 39.5. The van der Waals surface area contributed by atoms with Crippen molar-refractivity contribution in [2.45, 2.75) is 150 Å². The highest BCUT2D eigenvalue weighted by Gasteiger charge is 2.51. The van der Waals surface area contributed by atoms with Crippen LogP contribution < -0.4 is 0 Å². The minimum atomic E-state index is -1.48. The molecule has 3 rings (SSSR count). The monoisotopic (exact) mass is 662 g/mol. The van der Waals surface area contributed by atoms with Gasteiger partial charge in [0, 0.05) is 30.5 Å². The van der Waals surface area contributed by atoms with Crippen LogP contribution in [0.2, 0.25) is 0 Å². The molecule has 268 valence electrons. The van der Waals surface area contributed by atoms with E-state index in [1.807, 2.05) is 46.7 Å². The summed E-state index contributed by atoms with van der Waals surface area (Å²) in [5.74, 6) is -4.26. The molecule has 2 aliphatic heterocycles. The topological polar surface area (TPSA) is 135 Å². The van der Waals surface area contributed by atoms with Gasteiger partial charge in [0.1, 0.15) is 23.7 Å². The Morgan fingerprint density at radius 2 is 1.74 bits per heavy atom. The summed E-state index contributed by atoms with van der Waals surface area (Å²) in [5, 5.41) is 23.7. The zero-order valence-corrected chi connectivity index (χ0v) is 30.7. The van der Waals surface area contributed by atoms with Crippen molar-refractivity contribution in [3.05, 3.63) is 12.2 Å². The lowest BCUT2D eigenvalue weighted by molar-refractivity contribution is -0.286. The Labute approximate surface area is 282 Å². The molecule has 0 aromatic heterocycles. The van der Waals surface area contributed by atoms with Crippen LogP contribution in [0.25, 0.3) is 0 Å². The van der Waals surface area contributed by atoms with Gasteiger partial charge in [0.2, 0.25) is 5.91 Å². The third kappa shape index (κ3) is 8.79. The number of rotatable bonds is 4. The molecule has 3 fully saturated rings. The third-order valence-corrected chi connectivity index (χ3v) is 11.5. The van der Waals surface area contributed by atoms with Crippen molar-refractivity contribution in [2.75, 3.05) is 14.1 Å². The first-order chi connectivity index (χ1) is 21.7. The van der Waals surface area contributed by atoms with Gasteiger partial charge in [-0.2, -0.15) is 0 Å². The molecule has 47 heavy (non-hydrogen) atoms. The van der Waals surface area contributed by atoms with Crippen molar-refractivity contribution in [1.29, 1.82) is 0 Å². The number of fused-ring (bicyclic) bond motifs is 5. The highest BCUT2D eigenvalue weighted by Crippen LogP contribution is 2.47. The molecule has 1 saturated carbocycles. The fraction of sp³-hybridized carbons (Fsp3) is 0.838. The minimum absolute atomic E-state index is 0.195.